The molecule has 0 saturated heterocycles. The van der Waals surface area contributed by atoms with Gasteiger partial charge in [-0.2, -0.15) is 4.31 Å². The van der Waals surface area contributed by atoms with Crippen molar-refractivity contribution >= 4 is 33.2 Å². The predicted molar refractivity (Wildman–Crippen MR) is 186 cm³/mol. The summed E-state index contributed by atoms with van der Waals surface area (Å²) in [6.07, 6.45) is 2.49. The van der Waals surface area contributed by atoms with Crippen LogP contribution in [0.5, 0.6) is 5.75 Å². The quantitative estimate of drug-likeness (QED) is 0.0545. The van der Waals surface area contributed by atoms with E-state index in [0.717, 1.165) is 59.9 Å². The maximum atomic E-state index is 15.1. The number of sulfonamides is 1. The molecule has 16 heteroatoms. The van der Waals surface area contributed by atoms with Crippen molar-refractivity contribution < 1.29 is 54.5 Å². The Labute approximate surface area is 312 Å². The lowest BCUT2D eigenvalue weighted by Gasteiger charge is -2.30. The van der Waals surface area contributed by atoms with Gasteiger partial charge < -0.3 is 19.8 Å². The Morgan fingerprint density at radius 3 is 1.96 bits per heavy atom. The van der Waals surface area contributed by atoms with E-state index in [1.165, 1.54) is 18.2 Å². The molecule has 8 nitrogen and oxygen atoms in total. The summed E-state index contributed by atoms with van der Waals surface area (Å²) in [5.41, 5.74) is 2.66. The zero-order chi connectivity index (χ0) is 39.1. The predicted octanol–water partition coefficient (Wildman–Crippen LogP) is 8.13. The van der Waals surface area contributed by atoms with Crippen LogP contribution in [0.15, 0.2) is 59.5 Å². The fourth-order valence-corrected chi connectivity index (χ4v) is 7.82. The number of aliphatic hydroxyl groups excluding tert-OH is 1. The number of carbonyl (C=O) groups excluding carboxylic acids is 1. The minimum absolute atomic E-state index is 0.00507. The van der Waals surface area contributed by atoms with Gasteiger partial charge in [0.15, 0.2) is 34.5 Å². The molecular formula is C38H35ClF6N2O6S. The lowest BCUT2D eigenvalue weighted by atomic mass is 9.99. The van der Waals surface area contributed by atoms with Crippen LogP contribution in [0.4, 0.5) is 32.0 Å². The Balaban J connectivity index is 1.48. The summed E-state index contributed by atoms with van der Waals surface area (Å²) in [7, 11) is -5.76. The number of rotatable bonds is 15. The van der Waals surface area contributed by atoms with Crippen LogP contribution in [-0.4, -0.2) is 42.0 Å². The van der Waals surface area contributed by atoms with Gasteiger partial charge >= 0.3 is 0 Å². The first-order chi connectivity index (χ1) is 25.6. The lowest BCUT2D eigenvalue weighted by molar-refractivity contribution is -0.119. The molecule has 1 amide bonds. The van der Waals surface area contributed by atoms with Crippen molar-refractivity contribution in [3.8, 4) is 5.75 Å². The van der Waals surface area contributed by atoms with Crippen LogP contribution in [0.3, 0.4) is 0 Å². The smallest absolute Gasteiger partial charge is 0.249 e. The Kier molecular flexibility index (Phi) is 11.6. The number of halogens is 7. The van der Waals surface area contributed by atoms with Gasteiger partial charge in [0, 0.05) is 17.1 Å². The molecular weight excluding hydrogens is 762 g/mol. The van der Waals surface area contributed by atoms with E-state index in [2.05, 4.69) is 6.07 Å². The number of hydrogen-bond donors (Lipinski definition) is 2. The topological polar surface area (TPSA) is 107 Å². The van der Waals surface area contributed by atoms with E-state index in [-0.39, 0.29) is 45.0 Å². The molecule has 2 N–H and O–H groups in total. The molecule has 0 spiro atoms. The summed E-state index contributed by atoms with van der Waals surface area (Å²) in [6, 6.07) is 12.7. The first-order valence-electron chi connectivity index (χ1n) is 17.1. The van der Waals surface area contributed by atoms with E-state index >= 15 is 8.78 Å². The molecule has 2 aliphatic rings. The number of carbonyl (C=O) groups is 1. The molecule has 4 aromatic rings. The molecule has 2 fully saturated rings. The number of ether oxygens (including phenoxy) is 1. The zero-order valence-corrected chi connectivity index (χ0v) is 30.3. The fourth-order valence-electron chi connectivity index (χ4n) is 6.12. The van der Waals surface area contributed by atoms with Crippen LogP contribution in [-0.2, 0) is 27.9 Å². The van der Waals surface area contributed by atoms with E-state index in [9.17, 15) is 41.0 Å². The zero-order valence-electron chi connectivity index (χ0n) is 28.8. The average Bonchev–Trinajstić information content (AvgIpc) is 4.06. The first kappa shape index (κ1) is 39.5. The summed E-state index contributed by atoms with van der Waals surface area (Å²) in [5, 5.41) is 19.4. The fraction of sp³-hybridized carbons (Fsp3) is 0.342. The van der Waals surface area contributed by atoms with Gasteiger partial charge in [-0.15, -0.1) is 0 Å². The van der Waals surface area contributed by atoms with Crippen LogP contribution >= 0.6 is 11.6 Å². The van der Waals surface area contributed by atoms with Crippen LogP contribution < -0.4 is 9.64 Å². The summed E-state index contributed by atoms with van der Waals surface area (Å²) in [6.45, 7) is -0.481. The SMILES string of the molecule is CCCOc1cc(C(O)O)ccc1N(Cc1cc(C2CC2)cc(C2CC2)c1)C(=O)CN(Cc1ccc(F)cc1Cl)S(=O)(=O)c1c(F)c(F)c(F)c(F)c1F. The highest BCUT2D eigenvalue weighted by Crippen LogP contribution is 2.46. The van der Waals surface area contributed by atoms with Crippen molar-refractivity contribution in [3.63, 3.8) is 0 Å². The number of nitrogens with zero attached hydrogens (tertiary/aromatic N) is 2. The average molecular weight is 797 g/mol. The molecule has 6 rings (SSSR count). The number of anilines is 1. The molecule has 2 saturated carbocycles. The molecule has 0 aliphatic heterocycles. The van der Waals surface area contributed by atoms with E-state index in [0.29, 0.717) is 23.8 Å². The largest absolute Gasteiger partial charge is 0.491 e. The second-order valence-electron chi connectivity index (χ2n) is 13.4. The van der Waals surface area contributed by atoms with E-state index < -0.39 is 75.1 Å². The number of hydrogen-bond acceptors (Lipinski definition) is 6. The van der Waals surface area contributed by atoms with Gasteiger partial charge in [-0.3, -0.25) is 4.79 Å². The van der Waals surface area contributed by atoms with Crippen LogP contribution in [0.2, 0.25) is 5.02 Å². The normalized spacial score (nSPS) is 14.6. The number of amides is 1. The standard InChI is InChI=1S/C38H35ClF6N2O6S/c1-2-11-53-30-15-23(38(49)50)8-10-29(30)47(17-20-12-25(21-3-4-21)14-26(13-20)22-5-6-22)31(48)19-46(18-24-7-9-27(40)16-28(24)39)54(51,52)37-35(44)33(42)32(41)34(43)36(37)45/h7-10,12-16,21-22,38,49-50H,2-6,11,17-19H2,1H3. The maximum Gasteiger partial charge on any atom is 0.249 e. The van der Waals surface area contributed by atoms with Gasteiger partial charge in [-0.05, 0) is 90.5 Å². The highest BCUT2D eigenvalue weighted by molar-refractivity contribution is 7.89. The van der Waals surface area contributed by atoms with Crippen LogP contribution in [0, 0.1) is 34.9 Å². The van der Waals surface area contributed by atoms with Crippen molar-refractivity contribution in [3.05, 3.63) is 122 Å². The minimum atomic E-state index is -5.76. The van der Waals surface area contributed by atoms with E-state index in [4.69, 9.17) is 16.3 Å². The minimum Gasteiger partial charge on any atom is -0.491 e. The van der Waals surface area contributed by atoms with E-state index in [1.54, 1.807) is 6.92 Å². The third-order valence-corrected chi connectivity index (χ3v) is 11.4. The van der Waals surface area contributed by atoms with Crippen molar-refractivity contribution in [2.45, 2.75) is 75.1 Å². The highest BCUT2D eigenvalue weighted by atomic mass is 35.5. The molecule has 0 bridgehead atoms. The van der Waals surface area contributed by atoms with Crippen molar-refractivity contribution in [2.24, 2.45) is 0 Å². The molecule has 0 aromatic heterocycles. The second kappa shape index (κ2) is 15.9. The summed E-state index contributed by atoms with van der Waals surface area (Å²) >= 11 is 6.17. The Bertz CT molecular complexity index is 2140. The Morgan fingerprint density at radius 1 is 0.833 bits per heavy atom. The molecule has 0 radical (unpaired) electrons. The van der Waals surface area contributed by atoms with Gasteiger partial charge in [0.2, 0.25) is 21.7 Å². The third kappa shape index (κ3) is 8.40. The maximum absolute atomic E-state index is 15.1. The molecule has 0 unspecified atom stereocenters. The van der Waals surface area contributed by atoms with Crippen molar-refractivity contribution in [2.75, 3.05) is 18.1 Å². The van der Waals surface area contributed by atoms with Gasteiger partial charge in [0.25, 0.3) is 0 Å². The summed E-state index contributed by atoms with van der Waals surface area (Å²) in [4.78, 5) is 13.5. The van der Waals surface area contributed by atoms with Gasteiger partial charge in [0.1, 0.15) is 11.6 Å². The van der Waals surface area contributed by atoms with Crippen molar-refractivity contribution in [1.29, 1.82) is 0 Å². The molecule has 0 atom stereocenters. The van der Waals surface area contributed by atoms with E-state index in [1.807, 2.05) is 12.1 Å². The summed E-state index contributed by atoms with van der Waals surface area (Å²) < 4.78 is 121. The van der Waals surface area contributed by atoms with Crippen LogP contribution in [0.25, 0.3) is 0 Å². The second-order valence-corrected chi connectivity index (χ2v) is 15.7. The third-order valence-electron chi connectivity index (χ3n) is 9.25. The molecule has 4 aromatic carbocycles. The van der Waals surface area contributed by atoms with Gasteiger partial charge in [-0.25, -0.2) is 34.8 Å². The Morgan fingerprint density at radius 2 is 1.43 bits per heavy atom. The highest BCUT2D eigenvalue weighted by Gasteiger charge is 2.39. The van der Waals surface area contributed by atoms with Gasteiger partial charge in [-0.1, -0.05) is 48.9 Å². The summed E-state index contributed by atoms with van der Waals surface area (Å²) in [5.74, 6) is -14.1. The van der Waals surface area contributed by atoms with Crippen molar-refractivity contribution in [1.82, 2.24) is 4.31 Å². The van der Waals surface area contributed by atoms with Gasteiger partial charge in [0.05, 0.1) is 25.4 Å². The molecule has 54 heavy (non-hydrogen) atoms. The number of aliphatic hydroxyl groups is 2. The monoisotopic (exact) mass is 796 g/mol. The molecule has 288 valence electrons. The lowest BCUT2D eigenvalue weighted by Crippen LogP contribution is -2.43. The number of benzene rings is 4. The molecule has 2 aliphatic carbocycles. The Hall–Kier alpha value is -4.15. The first-order valence-corrected chi connectivity index (χ1v) is 18.9. The van der Waals surface area contributed by atoms with Crippen LogP contribution in [0.1, 0.15) is 85.0 Å². The molecule has 0 heterocycles.